The first kappa shape index (κ1) is 16.0. The van der Waals surface area contributed by atoms with Gasteiger partial charge in [0.25, 0.3) is 0 Å². The smallest absolute Gasteiger partial charge is 0.218 e. The lowest BCUT2D eigenvalue weighted by Crippen LogP contribution is -2.78. The number of rotatable bonds is 3. The number of carbonyl (C=O) groups is 2. The van der Waals surface area contributed by atoms with E-state index in [1.807, 2.05) is 0 Å². The van der Waals surface area contributed by atoms with E-state index in [-0.39, 0.29) is 0 Å². The Hall–Kier alpha value is -1.10. The summed E-state index contributed by atoms with van der Waals surface area (Å²) in [5.41, 5.74) is 3.45. The summed E-state index contributed by atoms with van der Waals surface area (Å²) < 4.78 is 4.84. The number of nitrogens with two attached hydrogens (primary N) is 1. The lowest BCUT2D eigenvalue weighted by atomic mass is 9.88. The minimum absolute atomic E-state index is 0.665. The number of hydrogen-bond acceptors (Lipinski definition) is 8. The number of carbonyl (C=O) groups excluding carboxylic acids is 2. The number of aliphatic hydroxyl groups excluding tert-OH is 4. The quantitative estimate of drug-likeness (QED) is 0.286. The van der Waals surface area contributed by atoms with Crippen LogP contribution in [0, 0.1) is 0 Å². The summed E-state index contributed by atoms with van der Waals surface area (Å²) in [4.78, 5) is 22.0. The van der Waals surface area contributed by atoms with Gasteiger partial charge in [0.05, 0.1) is 0 Å². The lowest BCUT2D eigenvalue weighted by molar-refractivity contribution is -0.290. The van der Waals surface area contributed by atoms with Crippen molar-refractivity contribution in [1.29, 1.82) is 0 Å². The molecule has 6 atom stereocenters. The summed E-state index contributed by atoms with van der Waals surface area (Å²) in [5.74, 6) is -1.38. The standard InChI is InChI=1S/C10H18N2O7/c1-3(13)5(15)7-6(16)8(17)10(11,9(18)19-7)12-4(2)14/h5-9,15-18H,11H2,1-2H3,(H,12,14)/t5?,6-,7+,8-,9?,10-/m0/s1. The van der Waals surface area contributed by atoms with Crippen LogP contribution >= 0.6 is 0 Å². The fourth-order valence-electron chi connectivity index (χ4n) is 1.88. The largest absolute Gasteiger partial charge is 0.387 e. The molecule has 0 spiro atoms. The third-order valence-electron chi connectivity index (χ3n) is 2.96. The Morgan fingerprint density at radius 1 is 1.32 bits per heavy atom. The highest BCUT2D eigenvalue weighted by Gasteiger charge is 2.55. The van der Waals surface area contributed by atoms with Crippen LogP contribution in [-0.4, -0.2) is 68.5 Å². The van der Waals surface area contributed by atoms with Crippen molar-refractivity contribution in [2.24, 2.45) is 5.73 Å². The third-order valence-corrected chi connectivity index (χ3v) is 2.96. The maximum absolute atomic E-state index is 11.0. The van der Waals surface area contributed by atoms with Crippen LogP contribution in [0.25, 0.3) is 0 Å². The molecule has 1 amide bonds. The molecule has 0 radical (unpaired) electrons. The van der Waals surface area contributed by atoms with E-state index in [0.29, 0.717) is 0 Å². The number of ketones is 1. The molecule has 0 bridgehead atoms. The zero-order valence-corrected chi connectivity index (χ0v) is 10.5. The number of hydrogen-bond donors (Lipinski definition) is 6. The van der Waals surface area contributed by atoms with Gasteiger partial charge < -0.3 is 36.2 Å². The van der Waals surface area contributed by atoms with E-state index in [0.717, 1.165) is 13.8 Å². The Morgan fingerprint density at radius 2 is 1.84 bits per heavy atom. The number of Topliss-reactive ketones (excluding diaryl/α,β-unsaturated/α-hetero) is 1. The average Bonchev–Trinajstić information content (AvgIpc) is 2.30. The van der Waals surface area contributed by atoms with Gasteiger partial charge in [0, 0.05) is 6.92 Å². The van der Waals surface area contributed by atoms with Crippen molar-refractivity contribution < 1.29 is 34.8 Å². The Bertz CT molecular complexity index is 377. The summed E-state index contributed by atoms with van der Waals surface area (Å²) in [6, 6.07) is 0. The van der Waals surface area contributed by atoms with Crippen LogP contribution in [0.4, 0.5) is 0 Å². The van der Waals surface area contributed by atoms with Crippen LogP contribution in [0.3, 0.4) is 0 Å². The predicted octanol–water partition coefficient (Wildman–Crippen LogP) is -3.83. The second-order valence-electron chi connectivity index (χ2n) is 4.56. The molecule has 110 valence electrons. The van der Waals surface area contributed by atoms with Gasteiger partial charge in [-0.15, -0.1) is 0 Å². The number of ether oxygens (including phenoxy) is 1. The molecule has 2 unspecified atom stereocenters. The Balaban J connectivity index is 2.98. The highest BCUT2D eigenvalue weighted by molar-refractivity contribution is 5.81. The van der Waals surface area contributed by atoms with Gasteiger partial charge >= 0.3 is 0 Å². The van der Waals surface area contributed by atoms with Gasteiger partial charge in [-0.3, -0.25) is 9.59 Å². The highest BCUT2D eigenvalue weighted by Crippen LogP contribution is 2.27. The van der Waals surface area contributed by atoms with E-state index in [2.05, 4.69) is 5.32 Å². The summed E-state index contributed by atoms with van der Waals surface area (Å²) in [7, 11) is 0. The third kappa shape index (κ3) is 2.91. The number of nitrogens with one attached hydrogen (secondary N) is 1. The second kappa shape index (κ2) is 5.49. The summed E-state index contributed by atoms with van der Waals surface area (Å²) >= 11 is 0. The highest BCUT2D eigenvalue weighted by atomic mass is 16.6. The van der Waals surface area contributed by atoms with Gasteiger partial charge in [0.15, 0.2) is 17.7 Å². The molecule has 0 aromatic rings. The van der Waals surface area contributed by atoms with Crippen molar-refractivity contribution in [3.8, 4) is 0 Å². The van der Waals surface area contributed by atoms with Crippen molar-refractivity contribution in [3.05, 3.63) is 0 Å². The van der Waals surface area contributed by atoms with E-state index in [1.54, 1.807) is 0 Å². The number of amides is 1. The first-order valence-corrected chi connectivity index (χ1v) is 5.57. The van der Waals surface area contributed by atoms with Gasteiger partial charge in [0.2, 0.25) is 5.91 Å². The maximum atomic E-state index is 11.0. The van der Waals surface area contributed by atoms with E-state index in [4.69, 9.17) is 10.5 Å². The summed E-state index contributed by atoms with van der Waals surface area (Å²) in [6.45, 7) is 2.15. The molecule has 1 aliphatic rings. The topological polar surface area (TPSA) is 162 Å². The Morgan fingerprint density at radius 3 is 2.26 bits per heavy atom. The molecule has 1 aliphatic heterocycles. The molecule has 7 N–H and O–H groups in total. The van der Waals surface area contributed by atoms with E-state index < -0.39 is 48.1 Å². The Labute approximate surface area is 109 Å². The van der Waals surface area contributed by atoms with Crippen LogP contribution in [-0.2, 0) is 14.3 Å². The van der Waals surface area contributed by atoms with Crippen LogP contribution < -0.4 is 11.1 Å². The molecule has 1 heterocycles. The molecule has 0 saturated carbocycles. The molecular weight excluding hydrogens is 260 g/mol. The second-order valence-corrected chi connectivity index (χ2v) is 4.56. The molecule has 9 nitrogen and oxygen atoms in total. The average molecular weight is 278 g/mol. The molecule has 0 aromatic carbocycles. The molecule has 19 heavy (non-hydrogen) atoms. The molecule has 0 aromatic heterocycles. The van der Waals surface area contributed by atoms with Crippen molar-refractivity contribution in [1.82, 2.24) is 5.32 Å². The fourth-order valence-corrected chi connectivity index (χ4v) is 1.88. The van der Waals surface area contributed by atoms with E-state index in [9.17, 15) is 30.0 Å². The van der Waals surface area contributed by atoms with Crippen LogP contribution in [0.5, 0.6) is 0 Å². The normalized spacial score (nSPS) is 40.6. The molecule has 1 saturated heterocycles. The van der Waals surface area contributed by atoms with Crippen molar-refractivity contribution in [2.45, 2.75) is 50.2 Å². The minimum atomic E-state index is -2.14. The zero-order chi connectivity index (χ0) is 15.0. The lowest BCUT2D eigenvalue weighted by Gasteiger charge is -2.47. The first-order chi connectivity index (χ1) is 8.61. The minimum Gasteiger partial charge on any atom is -0.387 e. The summed E-state index contributed by atoms with van der Waals surface area (Å²) in [6.07, 6.45) is -8.79. The SMILES string of the molecule is CC(=O)N[C@]1(N)C(O)O[C@H](C(O)C(C)=O)[C@H](O)[C@@H]1O. The van der Waals surface area contributed by atoms with Gasteiger partial charge in [-0.25, -0.2) is 0 Å². The van der Waals surface area contributed by atoms with Crippen LogP contribution in [0.15, 0.2) is 0 Å². The molecule has 9 heteroatoms. The van der Waals surface area contributed by atoms with E-state index in [1.165, 1.54) is 0 Å². The summed E-state index contributed by atoms with van der Waals surface area (Å²) in [5, 5.41) is 41.0. The number of aliphatic hydroxyl groups is 4. The van der Waals surface area contributed by atoms with Gasteiger partial charge in [-0.05, 0) is 6.92 Å². The zero-order valence-electron chi connectivity index (χ0n) is 10.5. The van der Waals surface area contributed by atoms with Gasteiger partial charge in [0.1, 0.15) is 24.4 Å². The van der Waals surface area contributed by atoms with Crippen molar-refractivity contribution >= 4 is 11.7 Å². The van der Waals surface area contributed by atoms with E-state index >= 15 is 0 Å². The predicted molar refractivity (Wildman–Crippen MR) is 60.3 cm³/mol. The first-order valence-electron chi connectivity index (χ1n) is 5.57. The molecule has 1 rings (SSSR count). The van der Waals surface area contributed by atoms with Crippen LogP contribution in [0.2, 0.25) is 0 Å². The van der Waals surface area contributed by atoms with Crippen molar-refractivity contribution in [2.75, 3.05) is 0 Å². The van der Waals surface area contributed by atoms with Crippen LogP contribution in [0.1, 0.15) is 13.8 Å². The maximum Gasteiger partial charge on any atom is 0.218 e. The van der Waals surface area contributed by atoms with Gasteiger partial charge in [-0.2, -0.15) is 0 Å². The molecule has 0 aliphatic carbocycles. The fraction of sp³-hybridized carbons (Fsp3) is 0.800. The van der Waals surface area contributed by atoms with Gasteiger partial charge in [-0.1, -0.05) is 0 Å². The molecule has 1 fully saturated rings. The molecular formula is C10H18N2O7. The monoisotopic (exact) mass is 278 g/mol. The van der Waals surface area contributed by atoms with Crippen molar-refractivity contribution in [3.63, 3.8) is 0 Å². The Kier molecular flexibility index (Phi) is 4.61.